The van der Waals surface area contributed by atoms with Crippen LogP contribution in [0.3, 0.4) is 0 Å². The van der Waals surface area contributed by atoms with E-state index in [1.807, 2.05) is 26.0 Å². The number of benzene rings is 3. The summed E-state index contributed by atoms with van der Waals surface area (Å²) in [7, 11) is -3.97. The second-order valence-electron chi connectivity index (χ2n) is 8.21. The van der Waals surface area contributed by atoms with Crippen molar-refractivity contribution < 1.29 is 27.4 Å². The molecule has 1 N–H and O–H groups in total. The molecular weight excluding hydrogens is 456 g/mol. The minimum Gasteiger partial charge on any atom is -0.456 e. The van der Waals surface area contributed by atoms with Crippen molar-refractivity contribution in [1.29, 1.82) is 0 Å². The fraction of sp³-hybridized carbons (Fsp3) is 0.240. The number of rotatable bonds is 4. The number of aryl methyl sites for hydroxylation is 2. The van der Waals surface area contributed by atoms with E-state index in [1.54, 1.807) is 30.3 Å². The Morgan fingerprint density at radius 3 is 2.47 bits per heavy atom. The van der Waals surface area contributed by atoms with E-state index in [-0.39, 0.29) is 35.0 Å². The normalized spacial score (nSPS) is 16.0. The van der Waals surface area contributed by atoms with Gasteiger partial charge in [-0.15, -0.1) is 0 Å². The molecule has 9 heteroatoms. The molecule has 34 heavy (non-hydrogen) atoms. The molecule has 3 aromatic rings. The molecule has 0 saturated carbocycles. The van der Waals surface area contributed by atoms with E-state index in [1.165, 1.54) is 16.4 Å². The van der Waals surface area contributed by atoms with Gasteiger partial charge in [-0.3, -0.25) is 4.79 Å². The van der Waals surface area contributed by atoms with E-state index >= 15 is 0 Å². The molecule has 176 valence electrons. The van der Waals surface area contributed by atoms with Gasteiger partial charge in [0.2, 0.25) is 10.0 Å². The van der Waals surface area contributed by atoms with Gasteiger partial charge in [0, 0.05) is 19.2 Å². The Kier molecular flexibility index (Phi) is 5.76. The summed E-state index contributed by atoms with van der Waals surface area (Å²) in [5.74, 6) is 0.773. The molecule has 2 aliphatic rings. The minimum absolute atomic E-state index is 0.0840. The van der Waals surface area contributed by atoms with Gasteiger partial charge in [0.15, 0.2) is 11.5 Å². The summed E-state index contributed by atoms with van der Waals surface area (Å²) in [6.45, 7) is 4.98. The lowest BCUT2D eigenvalue weighted by molar-refractivity contribution is 0.0729. The molecule has 0 spiro atoms. The van der Waals surface area contributed by atoms with E-state index in [9.17, 15) is 13.2 Å². The van der Waals surface area contributed by atoms with Crippen molar-refractivity contribution in [3.63, 3.8) is 0 Å². The zero-order valence-electron chi connectivity index (χ0n) is 18.8. The number of hydrogen-bond acceptors (Lipinski definition) is 6. The van der Waals surface area contributed by atoms with Crippen molar-refractivity contribution in [2.75, 3.05) is 31.6 Å². The van der Waals surface area contributed by atoms with Crippen LogP contribution < -0.4 is 14.8 Å². The van der Waals surface area contributed by atoms with Crippen molar-refractivity contribution in [2.45, 2.75) is 18.7 Å². The number of fused-ring (bicyclic) bond motifs is 2. The molecule has 3 aromatic carbocycles. The highest BCUT2D eigenvalue weighted by atomic mass is 32.2. The van der Waals surface area contributed by atoms with Crippen LogP contribution in [-0.4, -0.2) is 44.9 Å². The Bertz CT molecular complexity index is 1380. The van der Waals surface area contributed by atoms with Crippen molar-refractivity contribution in [1.82, 2.24) is 4.31 Å². The smallest absolute Gasteiger partial charge is 0.259 e. The number of sulfonamides is 1. The number of anilines is 1. The van der Waals surface area contributed by atoms with E-state index in [2.05, 4.69) is 5.32 Å². The number of para-hydroxylation sites is 2. The highest BCUT2D eigenvalue weighted by Crippen LogP contribution is 2.42. The fourth-order valence-corrected chi connectivity index (χ4v) is 5.41. The maximum absolute atomic E-state index is 13.6. The number of carbonyl (C=O) groups excluding carboxylic acids is 1. The molecule has 0 aromatic heterocycles. The van der Waals surface area contributed by atoms with Crippen LogP contribution >= 0.6 is 0 Å². The average Bonchev–Trinajstić information content (AvgIpc) is 2.96. The summed E-state index contributed by atoms with van der Waals surface area (Å²) < 4.78 is 46.0. The Balaban J connectivity index is 1.65. The molecule has 5 rings (SSSR count). The van der Waals surface area contributed by atoms with Crippen LogP contribution in [-0.2, 0) is 14.8 Å². The van der Waals surface area contributed by atoms with E-state index in [4.69, 9.17) is 14.2 Å². The third kappa shape index (κ3) is 4.13. The summed E-state index contributed by atoms with van der Waals surface area (Å²) in [6.07, 6.45) is 0. The van der Waals surface area contributed by atoms with Gasteiger partial charge in [-0.2, -0.15) is 4.31 Å². The molecule has 0 bridgehead atoms. The Hall–Kier alpha value is -3.40. The van der Waals surface area contributed by atoms with Crippen LogP contribution in [0, 0.1) is 13.8 Å². The zero-order chi connectivity index (χ0) is 23.9. The number of amides is 1. The van der Waals surface area contributed by atoms with Crippen LogP contribution in [0.15, 0.2) is 59.5 Å². The van der Waals surface area contributed by atoms with Crippen molar-refractivity contribution in [3.05, 3.63) is 71.3 Å². The van der Waals surface area contributed by atoms with Crippen molar-refractivity contribution in [3.8, 4) is 23.0 Å². The minimum atomic E-state index is -3.97. The highest BCUT2D eigenvalue weighted by Gasteiger charge is 2.33. The first kappa shape index (κ1) is 22.4. The first-order valence-electron chi connectivity index (χ1n) is 10.9. The van der Waals surface area contributed by atoms with Gasteiger partial charge in [-0.05, 0) is 55.3 Å². The summed E-state index contributed by atoms with van der Waals surface area (Å²) in [6, 6.07) is 15.4. The van der Waals surface area contributed by atoms with Crippen LogP contribution in [0.1, 0.15) is 21.5 Å². The number of nitrogens with zero attached hydrogens (tertiary/aromatic N) is 1. The van der Waals surface area contributed by atoms with E-state index < -0.39 is 15.9 Å². The molecule has 0 aliphatic carbocycles. The first-order valence-corrected chi connectivity index (χ1v) is 12.4. The monoisotopic (exact) mass is 480 g/mol. The van der Waals surface area contributed by atoms with Crippen molar-refractivity contribution in [2.24, 2.45) is 0 Å². The molecule has 1 saturated heterocycles. The Morgan fingerprint density at radius 2 is 1.71 bits per heavy atom. The molecule has 0 unspecified atom stereocenters. The molecule has 1 amide bonds. The maximum Gasteiger partial charge on any atom is 0.259 e. The topological polar surface area (TPSA) is 94.2 Å². The number of hydrogen-bond donors (Lipinski definition) is 1. The number of carbonyl (C=O) groups is 1. The van der Waals surface area contributed by atoms with Crippen LogP contribution in [0.4, 0.5) is 5.69 Å². The van der Waals surface area contributed by atoms with Gasteiger partial charge in [0.05, 0.1) is 24.5 Å². The third-order valence-electron chi connectivity index (χ3n) is 5.94. The maximum atomic E-state index is 13.6. The van der Waals surface area contributed by atoms with Crippen LogP contribution in [0.25, 0.3) is 0 Å². The van der Waals surface area contributed by atoms with Gasteiger partial charge in [-0.25, -0.2) is 8.42 Å². The highest BCUT2D eigenvalue weighted by molar-refractivity contribution is 7.89. The lowest BCUT2D eigenvalue weighted by Gasteiger charge is -2.27. The Morgan fingerprint density at radius 1 is 0.941 bits per heavy atom. The summed E-state index contributed by atoms with van der Waals surface area (Å²) >= 11 is 0. The summed E-state index contributed by atoms with van der Waals surface area (Å²) in [4.78, 5) is 12.9. The number of ether oxygens (including phenoxy) is 3. The third-order valence-corrected chi connectivity index (χ3v) is 7.86. The van der Waals surface area contributed by atoms with Gasteiger partial charge < -0.3 is 19.5 Å². The lowest BCUT2D eigenvalue weighted by Crippen LogP contribution is -2.40. The number of morpholine rings is 1. The molecule has 0 radical (unpaired) electrons. The summed E-state index contributed by atoms with van der Waals surface area (Å²) in [5.41, 5.74) is 2.70. The van der Waals surface area contributed by atoms with Gasteiger partial charge in [-0.1, -0.05) is 18.2 Å². The quantitative estimate of drug-likeness (QED) is 0.592. The fourth-order valence-electron chi connectivity index (χ4n) is 3.88. The van der Waals surface area contributed by atoms with Crippen LogP contribution in [0.5, 0.6) is 23.0 Å². The number of nitrogens with one attached hydrogen (secondary N) is 1. The largest absolute Gasteiger partial charge is 0.456 e. The second-order valence-corrected chi connectivity index (χ2v) is 10.1. The molecule has 1 fully saturated rings. The predicted octanol–water partition coefficient (Wildman–Crippen LogP) is 4.47. The molecule has 2 heterocycles. The zero-order valence-corrected chi connectivity index (χ0v) is 19.6. The van der Waals surface area contributed by atoms with Gasteiger partial charge >= 0.3 is 0 Å². The average molecular weight is 481 g/mol. The predicted molar refractivity (Wildman–Crippen MR) is 126 cm³/mol. The molecule has 8 nitrogen and oxygen atoms in total. The standard InChI is InChI=1S/C25H24N2O6S/c1-16-7-8-18(13-17(16)2)32-23-15-22-19(25(28)26-20-5-3-4-6-21(20)33-22)14-24(23)34(29,30)27-9-11-31-12-10-27/h3-8,13-15H,9-12H2,1-2H3,(H,26,28). The molecule has 0 atom stereocenters. The first-order chi connectivity index (χ1) is 16.3. The lowest BCUT2D eigenvalue weighted by atomic mass is 10.1. The Labute approximate surface area is 198 Å². The molecule has 2 aliphatic heterocycles. The van der Waals surface area contributed by atoms with Gasteiger partial charge in [0.1, 0.15) is 16.4 Å². The van der Waals surface area contributed by atoms with E-state index in [0.717, 1.165) is 11.1 Å². The van der Waals surface area contributed by atoms with E-state index in [0.29, 0.717) is 30.4 Å². The molecular formula is C25H24N2O6S. The summed E-state index contributed by atoms with van der Waals surface area (Å²) in [5, 5.41) is 2.79. The second kappa shape index (κ2) is 8.75. The van der Waals surface area contributed by atoms with Gasteiger partial charge in [0.25, 0.3) is 5.91 Å². The van der Waals surface area contributed by atoms with Crippen molar-refractivity contribution >= 4 is 21.6 Å². The van der Waals surface area contributed by atoms with Crippen LogP contribution in [0.2, 0.25) is 0 Å². The SMILES string of the molecule is Cc1ccc(Oc2cc3c(cc2S(=O)(=O)N2CCOCC2)C(=O)Nc2ccccc2O3)cc1C.